The largest absolute Gasteiger partial charge is 0.377 e. The van der Waals surface area contributed by atoms with E-state index in [-0.39, 0.29) is 11.3 Å². The first-order valence-corrected chi connectivity index (χ1v) is 13.4. The van der Waals surface area contributed by atoms with Crippen LogP contribution in [0.2, 0.25) is 0 Å². The molecule has 8 nitrogen and oxygen atoms in total. The van der Waals surface area contributed by atoms with Gasteiger partial charge in [-0.15, -0.1) is 0 Å². The maximum Gasteiger partial charge on any atom is 0.170 e. The smallest absolute Gasteiger partial charge is 0.170 e. The van der Waals surface area contributed by atoms with Gasteiger partial charge in [-0.1, -0.05) is 0 Å². The summed E-state index contributed by atoms with van der Waals surface area (Å²) in [7, 11) is -1.49. The minimum Gasteiger partial charge on any atom is -0.377 e. The van der Waals surface area contributed by atoms with Crippen LogP contribution in [0.15, 0.2) is 30.3 Å². The lowest BCUT2D eigenvalue weighted by atomic mass is 10.1. The number of rotatable bonds is 6. The van der Waals surface area contributed by atoms with Crippen molar-refractivity contribution in [3.8, 4) is 11.4 Å². The number of aromatic nitrogens is 2. The highest BCUT2D eigenvalue weighted by atomic mass is 32.2. The molecule has 0 unspecified atom stereocenters. The number of benzene rings is 1. The molecular weight excluding hydrogens is 458 g/mol. The molecular formula is C23H29N5O3S2. The Hall–Kier alpha value is -2.30. The molecule has 2 N–H and O–H groups in total. The van der Waals surface area contributed by atoms with Crippen molar-refractivity contribution < 1.29 is 13.2 Å². The number of morpholine rings is 1. The fraction of sp³-hybridized carbons (Fsp3) is 0.522. The minimum absolute atomic E-state index is 0.152. The highest BCUT2D eigenvalue weighted by Crippen LogP contribution is 2.57. The molecule has 2 aromatic rings. The third-order valence-electron chi connectivity index (χ3n) is 6.68. The Morgan fingerprint density at radius 1 is 1.21 bits per heavy atom. The first-order valence-electron chi connectivity index (χ1n) is 11.4. The lowest BCUT2D eigenvalue weighted by molar-refractivity contribution is 0.0985. The number of nitrogens with zero attached hydrogens (tertiary/aromatic N) is 3. The first kappa shape index (κ1) is 22.5. The van der Waals surface area contributed by atoms with Crippen LogP contribution in [-0.4, -0.2) is 61.6 Å². The van der Waals surface area contributed by atoms with E-state index in [1.165, 1.54) is 0 Å². The third-order valence-corrected chi connectivity index (χ3v) is 10.0. The standard InChI is InChI=1S/C23H29N5O3S2/c1-15-14-31-12-11-28(15)20-13-19(23(9-10-23)33(29,30)18-7-8-18)26-21(27-20)16-3-5-17(6-4-16)25-22(32)24-2/h3-6,13,15,18H,7-12,14H2,1-2H3,(H2,24,25,32)/t15-/m0/s1. The first-order chi connectivity index (χ1) is 15.8. The van der Waals surface area contributed by atoms with Gasteiger partial charge < -0.3 is 20.3 Å². The summed E-state index contributed by atoms with van der Waals surface area (Å²) in [6, 6.07) is 9.75. The van der Waals surface area contributed by atoms with Gasteiger partial charge in [-0.3, -0.25) is 0 Å². The zero-order chi connectivity index (χ0) is 23.2. The van der Waals surface area contributed by atoms with E-state index in [1.807, 2.05) is 30.3 Å². The molecule has 2 heterocycles. The zero-order valence-electron chi connectivity index (χ0n) is 18.9. The summed E-state index contributed by atoms with van der Waals surface area (Å²) in [6.45, 7) is 4.05. The number of sulfone groups is 1. The van der Waals surface area contributed by atoms with Crippen LogP contribution in [-0.2, 0) is 19.3 Å². The molecule has 1 atom stereocenters. The van der Waals surface area contributed by atoms with Gasteiger partial charge in [-0.2, -0.15) is 0 Å². The van der Waals surface area contributed by atoms with Crippen molar-refractivity contribution >= 4 is 38.7 Å². The van der Waals surface area contributed by atoms with Gasteiger partial charge in [-0.25, -0.2) is 18.4 Å². The molecule has 10 heteroatoms. The van der Waals surface area contributed by atoms with E-state index in [9.17, 15) is 8.42 Å². The Kier molecular flexibility index (Phi) is 5.78. The second kappa shape index (κ2) is 8.48. The van der Waals surface area contributed by atoms with Crippen molar-refractivity contribution in [3.63, 3.8) is 0 Å². The molecule has 1 aromatic carbocycles. The molecule has 2 aliphatic carbocycles. The lowest BCUT2D eigenvalue weighted by Crippen LogP contribution is -2.44. The van der Waals surface area contributed by atoms with E-state index in [0.717, 1.165) is 29.9 Å². The van der Waals surface area contributed by atoms with Crippen LogP contribution in [0.5, 0.6) is 0 Å². The molecule has 3 aliphatic rings. The van der Waals surface area contributed by atoms with Gasteiger partial charge in [0.25, 0.3) is 0 Å². The Balaban J connectivity index is 1.55. The lowest BCUT2D eigenvalue weighted by Gasteiger charge is -2.34. The normalized spacial score (nSPS) is 22.0. The van der Waals surface area contributed by atoms with Gasteiger partial charge in [0, 0.05) is 30.9 Å². The molecule has 0 spiro atoms. The fourth-order valence-electron chi connectivity index (χ4n) is 4.41. The maximum absolute atomic E-state index is 13.3. The predicted octanol–water partition coefficient (Wildman–Crippen LogP) is 2.85. The van der Waals surface area contributed by atoms with Crippen LogP contribution < -0.4 is 15.5 Å². The van der Waals surface area contributed by atoms with Crippen molar-refractivity contribution in [1.82, 2.24) is 15.3 Å². The number of hydrogen-bond donors (Lipinski definition) is 2. The van der Waals surface area contributed by atoms with Crippen LogP contribution in [0.1, 0.15) is 38.3 Å². The topological polar surface area (TPSA) is 96.5 Å². The van der Waals surface area contributed by atoms with Crippen molar-refractivity contribution in [3.05, 3.63) is 36.0 Å². The fourth-order valence-corrected chi connectivity index (χ4v) is 6.98. The SMILES string of the molecule is CNC(=S)Nc1ccc(-c2nc(N3CCOC[C@@H]3C)cc(C3(S(=O)(=O)C4CC4)CC3)n2)cc1. The van der Waals surface area contributed by atoms with Crippen LogP contribution in [0.3, 0.4) is 0 Å². The van der Waals surface area contributed by atoms with Gasteiger partial charge >= 0.3 is 0 Å². The molecule has 3 fully saturated rings. The van der Waals surface area contributed by atoms with E-state index in [2.05, 4.69) is 22.5 Å². The number of ether oxygens (including phenoxy) is 1. The predicted molar refractivity (Wildman–Crippen MR) is 133 cm³/mol. The van der Waals surface area contributed by atoms with Gasteiger partial charge in [0.1, 0.15) is 10.6 Å². The van der Waals surface area contributed by atoms with Gasteiger partial charge in [0.2, 0.25) is 0 Å². The molecule has 0 amide bonds. The number of anilines is 2. The van der Waals surface area contributed by atoms with Crippen molar-refractivity contribution in [1.29, 1.82) is 0 Å². The molecule has 5 rings (SSSR count). The van der Waals surface area contributed by atoms with E-state index >= 15 is 0 Å². The van der Waals surface area contributed by atoms with Crippen LogP contribution >= 0.6 is 12.2 Å². The summed E-state index contributed by atoms with van der Waals surface area (Å²) in [6.07, 6.45) is 2.78. The average molecular weight is 488 g/mol. The van der Waals surface area contributed by atoms with Crippen LogP contribution in [0.25, 0.3) is 11.4 Å². The summed E-state index contributed by atoms with van der Waals surface area (Å²) in [4.78, 5) is 11.9. The Morgan fingerprint density at radius 3 is 2.55 bits per heavy atom. The van der Waals surface area contributed by atoms with Crippen molar-refractivity contribution in [2.24, 2.45) is 0 Å². The monoisotopic (exact) mass is 487 g/mol. The molecule has 176 valence electrons. The number of nitrogens with one attached hydrogen (secondary N) is 2. The Bertz CT molecular complexity index is 1160. The summed E-state index contributed by atoms with van der Waals surface area (Å²) < 4.78 is 31.4. The molecule has 1 aliphatic heterocycles. The quantitative estimate of drug-likeness (QED) is 0.596. The molecule has 2 saturated carbocycles. The minimum atomic E-state index is -3.26. The highest BCUT2D eigenvalue weighted by molar-refractivity contribution is 7.93. The van der Waals surface area contributed by atoms with Crippen molar-refractivity contribution in [2.75, 3.05) is 37.0 Å². The van der Waals surface area contributed by atoms with E-state index in [1.54, 1.807) is 7.05 Å². The second-order valence-corrected chi connectivity index (χ2v) is 12.0. The Labute approximate surface area is 200 Å². The summed E-state index contributed by atoms with van der Waals surface area (Å²) in [5, 5.41) is 6.31. The van der Waals surface area contributed by atoms with E-state index in [4.69, 9.17) is 26.9 Å². The molecule has 1 aromatic heterocycles. The van der Waals surface area contributed by atoms with E-state index in [0.29, 0.717) is 49.2 Å². The number of hydrogen-bond acceptors (Lipinski definition) is 7. The number of thiocarbonyl (C=S) groups is 1. The van der Waals surface area contributed by atoms with Crippen molar-refractivity contribution in [2.45, 2.75) is 48.6 Å². The summed E-state index contributed by atoms with van der Waals surface area (Å²) >= 11 is 5.17. The van der Waals surface area contributed by atoms with Gasteiger partial charge in [-0.05, 0) is 69.1 Å². The second-order valence-electron chi connectivity index (χ2n) is 9.07. The third kappa shape index (κ3) is 4.20. The molecule has 33 heavy (non-hydrogen) atoms. The summed E-state index contributed by atoms with van der Waals surface area (Å²) in [5.74, 6) is 1.31. The van der Waals surface area contributed by atoms with Gasteiger partial charge in [0.15, 0.2) is 20.8 Å². The highest BCUT2D eigenvalue weighted by Gasteiger charge is 2.61. The molecule has 1 saturated heterocycles. The summed E-state index contributed by atoms with van der Waals surface area (Å²) in [5.41, 5.74) is 2.32. The van der Waals surface area contributed by atoms with E-state index < -0.39 is 14.6 Å². The van der Waals surface area contributed by atoms with Gasteiger partial charge in [0.05, 0.1) is 30.2 Å². The zero-order valence-corrected chi connectivity index (χ0v) is 20.5. The average Bonchev–Trinajstić information content (AvgIpc) is 3.72. The Morgan fingerprint density at radius 2 is 1.94 bits per heavy atom. The molecule has 0 radical (unpaired) electrons. The molecule has 0 bridgehead atoms. The maximum atomic E-state index is 13.3. The van der Waals surface area contributed by atoms with Crippen LogP contribution in [0.4, 0.5) is 11.5 Å². The van der Waals surface area contributed by atoms with Crippen LogP contribution in [0, 0.1) is 0 Å².